The number of aromatic nitrogens is 2. The Morgan fingerprint density at radius 2 is 1.69 bits per heavy atom. The highest BCUT2D eigenvalue weighted by Crippen LogP contribution is 2.33. The van der Waals surface area contributed by atoms with Gasteiger partial charge in [0.2, 0.25) is 5.89 Å². The number of carbonyl (C=O) groups excluding carboxylic acids is 1. The predicted octanol–water partition coefficient (Wildman–Crippen LogP) is 4.56. The van der Waals surface area contributed by atoms with E-state index in [1.807, 2.05) is 60.7 Å². The van der Waals surface area contributed by atoms with Crippen LogP contribution in [0.1, 0.15) is 16.1 Å². The number of rotatable bonds is 7. The zero-order valence-corrected chi connectivity index (χ0v) is 16.7. The van der Waals surface area contributed by atoms with Gasteiger partial charge in [-0.3, -0.25) is 4.79 Å². The van der Waals surface area contributed by atoms with Crippen molar-refractivity contribution in [2.45, 2.75) is 6.42 Å². The van der Waals surface area contributed by atoms with Crippen molar-refractivity contribution in [3.63, 3.8) is 0 Å². The number of carboxylic acid groups (broad SMARTS) is 1. The minimum atomic E-state index is -1.53. The SMILES string of the molecule is O=C(O)C(=O)c1c(CCNc2nnc(-c3ccccc3)o2)oc2ccc3ccccc3c12. The van der Waals surface area contributed by atoms with Gasteiger partial charge in [0.05, 0.1) is 5.56 Å². The van der Waals surface area contributed by atoms with Crippen LogP contribution in [0.3, 0.4) is 0 Å². The molecule has 32 heavy (non-hydrogen) atoms. The molecule has 0 fully saturated rings. The van der Waals surface area contributed by atoms with Crippen LogP contribution in [0.25, 0.3) is 33.2 Å². The van der Waals surface area contributed by atoms with E-state index in [9.17, 15) is 14.7 Å². The van der Waals surface area contributed by atoms with Gasteiger partial charge < -0.3 is 19.3 Å². The standard InChI is InChI=1S/C24H17N3O5/c28-21(23(29)30)20-18(31-17-11-10-14-6-4-5-9-16(14)19(17)20)12-13-25-24-27-26-22(32-24)15-7-2-1-3-8-15/h1-11H,12-13H2,(H,25,27)(H,29,30). The van der Waals surface area contributed by atoms with Crippen molar-refractivity contribution in [3.8, 4) is 11.5 Å². The van der Waals surface area contributed by atoms with E-state index in [2.05, 4.69) is 15.5 Å². The molecule has 0 aliphatic rings. The second-order valence-electron chi connectivity index (χ2n) is 7.15. The van der Waals surface area contributed by atoms with Crippen molar-refractivity contribution < 1.29 is 23.5 Å². The minimum Gasteiger partial charge on any atom is -0.475 e. The second kappa shape index (κ2) is 7.99. The molecule has 158 valence electrons. The van der Waals surface area contributed by atoms with Gasteiger partial charge in [-0.2, -0.15) is 0 Å². The van der Waals surface area contributed by atoms with E-state index in [1.54, 1.807) is 6.07 Å². The first kappa shape index (κ1) is 19.5. The molecular weight excluding hydrogens is 410 g/mol. The fourth-order valence-corrected chi connectivity index (χ4v) is 3.72. The summed E-state index contributed by atoms with van der Waals surface area (Å²) in [5.74, 6) is -1.86. The van der Waals surface area contributed by atoms with Crippen LogP contribution in [-0.2, 0) is 11.2 Å². The summed E-state index contributed by atoms with van der Waals surface area (Å²) < 4.78 is 11.5. The number of Topliss-reactive ketones (excluding diaryl/α,β-unsaturated/α-hetero) is 1. The first-order valence-corrected chi connectivity index (χ1v) is 9.95. The van der Waals surface area contributed by atoms with Gasteiger partial charge in [0.1, 0.15) is 11.3 Å². The number of hydrogen-bond donors (Lipinski definition) is 2. The molecule has 0 aliphatic heterocycles. The summed E-state index contributed by atoms with van der Waals surface area (Å²) in [6.07, 6.45) is 0.250. The van der Waals surface area contributed by atoms with Crippen LogP contribution in [0, 0.1) is 0 Å². The third-order valence-corrected chi connectivity index (χ3v) is 5.15. The first-order valence-electron chi connectivity index (χ1n) is 9.95. The summed E-state index contributed by atoms with van der Waals surface area (Å²) in [4.78, 5) is 24.1. The molecule has 0 atom stereocenters. The van der Waals surface area contributed by atoms with Crippen LogP contribution in [0.15, 0.2) is 75.6 Å². The van der Waals surface area contributed by atoms with Gasteiger partial charge in [0.15, 0.2) is 0 Å². The number of carbonyl (C=O) groups is 2. The molecule has 0 radical (unpaired) electrons. The number of anilines is 1. The zero-order valence-electron chi connectivity index (χ0n) is 16.7. The maximum absolute atomic E-state index is 12.6. The Balaban J connectivity index is 1.44. The Morgan fingerprint density at radius 1 is 0.906 bits per heavy atom. The summed E-state index contributed by atoms with van der Waals surface area (Å²) in [5, 5.41) is 22.5. The normalized spacial score (nSPS) is 11.1. The summed E-state index contributed by atoms with van der Waals surface area (Å²) in [6.45, 7) is 0.300. The maximum atomic E-state index is 12.6. The lowest BCUT2D eigenvalue weighted by Gasteiger charge is -2.02. The Labute approximate surface area is 181 Å². The van der Waals surface area contributed by atoms with E-state index in [0.717, 1.165) is 16.3 Å². The lowest BCUT2D eigenvalue weighted by atomic mass is 9.99. The number of carboxylic acids is 1. The van der Waals surface area contributed by atoms with Crippen molar-refractivity contribution in [1.29, 1.82) is 0 Å². The Hall–Kier alpha value is -4.46. The zero-order chi connectivity index (χ0) is 22.1. The number of aliphatic carboxylic acids is 1. The van der Waals surface area contributed by atoms with Crippen LogP contribution >= 0.6 is 0 Å². The first-order chi connectivity index (χ1) is 15.6. The molecule has 0 aliphatic carbocycles. The third-order valence-electron chi connectivity index (χ3n) is 5.15. The summed E-state index contributed by atoms with van der Waals surface area (Å²) >= 11 is 0. The molecule has 2 N–H and O–H groups in total. The number of hydrogen-bond acceptors (Lipinski definition) is 7. The second-order valence-corrected chi connectivity index (χ2v) is 7.15. The molecule has 0 spiro atoms. The number of benzene rings is 3. The van der Waals surface area contributed by atoms with E-state index in [1.165, 1.54) is 0 Å². The molecule has 5 rings (SSSR count). The summed E-state index contributed by atoms with van der Waals surface area (Å²) in [6, 6.07) is 20.7. The van der Waals surface area contributed by atoms with Crippen molar-refractivity contribution in [3.05, 3.63) is 78.1 Å². The molecule has 3 aromatic carbocycles. The molecule has 0 bridgehead atoms. The quantitative estimate of drug-likeness (QED) is 0.287. The van der Waals surface area contributed by atoms with E-state index < -0.39 is 11.8 Å². The van der Waals surface area contributed by atoms with Crippen molar-refractivity contribution in [1.82, 2.24) is 10.2 Å². The Morgan fingerprint density at radius 3 is 2.50 bits per heavy atom. The van der Waals surface area contributed by atoms with Crippen LogP contribution in [-0.4, -0.2) is 33.6 Å². The summed E-state index contributed by atoms with van der Waals surface area (Å²) in [5.41, 5.74) is 1.33. The molecule has 0 saturated heterocycles. The summed E-state index contributed by atoms with van der Waals surface area (Å²) in [7, 11) is 0. The van der Waals surface area contributed by atoms with Gasteiger partial charge in [-0.25, -0.2) is 4.79 Å². The van der Waals surface area contributed by atoms with Gasteiger partial charge in [-0.05, 0) is 29.0 Å². The largest absolute Gasteiger partial charge is 0.475 e. The topological polar surface area (TPSA) is 118 Å². The van der Waals surface area contributed by atoms with Gasteiger partial charge in [-0.15, -0.1) is 5.10 Å². The minimum absolute atomic E-state index is 0.0709. The lowest BCUT2D eigenvalue weighted by molar-refractivity contribution is -0.131. The maximum Gasteiger partial charge on any atom is 0.377 e. The van der Waals surface area contributed by atoms with E-state index in [4.69, 9.17) is 8.83 Å². The van der Waals surface area contributed by atoms with E-state index >= 15 is 0 Å². The fourth-order valence-electron chi connectivity index (χ4n) is 3.72. The average Bonchev–Trinajstić information content (AvgIpc) is 3.44. The van der Waals surface area contributed by atoms with Gasteiger partial charge in [0.25, 0.3) is 5.78 Å². The number of nitrogens with zero attached hydrogens (tertiary/aromatic N) is 2. The predicted molar refractivity (Wildman–Crippen MR) is 118 cm³/mol. The molecule has 2 aromatic heterocycles. The highest BCUT2D eigenvalue weighted by molar-refractivity contribution is 6.43. The third kappa shape index (κ3) is 3.47. The van der Waals surface area contributed by atoms with Crippen LogP contribution < -0.4 is 5.32 Å². The Bertz CT molecular complexity index is 1450. The number of nitrogens with one attached hydrogen (secondary N) is 1. The molecule has 5 aromatic rings. The molecule has 8 nitrogen and oxygen atoms in total. The number of fused-ring (bicyclic) bond motifs is 3. The van der Waals surface area contributed by atoms with E-state index in [0.29, 0.717) is 29.2 Å². The monoisotopic (exact) mass is 427 g/mol. The molecule has 0 amide bonds. The average molecular weight is 427 g/mol. The molecular formula is C24H17N3O5. The lowest BCUT2D eigenvalue weighted by Crippen LogP contribution is -2.15. The van der Waals surface area contributed by atoms with Gasteiger partial charge in [0, 0.05) is 23.9 Å². The molecule has 8 heteroatoms. The molecule has 0 unspecified atom stereocenters. The molecule has 2 heterocycles. The van der Waals surface area contributed by atoms with Crippen molar-refractivity contribution in [2.75, 3.05) is 11.9 Å². The highest BCUT2D eigenvalue weighted by atomic mass is 16.4. The highest BCUT2D eigenvalue weighted by Gasteiger charge is 2.26. The van der Waals surface area contributed by atoms with Crippen molar-refractivity contribution >= 4 is 39.5 Å². The Kier molecular flexibility index (Phi) is 4.87. The van der Waals surface area contributed by atoms with Gasteiger partial charge >= 0.3 is 12.0 Å². The van der Waals surface area contributed by atoms with Gasteiger partial charge in [-0.1, -0.05) is 53.6 Å². The smallest absolute Gasteiger partial charge is 0.377 e. The number of ketones is 1. The van der Waals surface area contributed by atoms with Crippen LogP contribution in [0.5, 0.6) is 0 Å². The van der Waals surface area contributed by atoms with Crippen LogP contribution in [0.4, 0.5) is 6.01 Å². The number of furan rings is 1. The van der Waals surface area contributed by atoms with Crippen LogP contribution in [0.2, 0.25) is 0 Å². The van der Waals surface area contributed by atoms with E-state index in [-0.39, 0.29) is 18.0 Å². The molecule has 0 saturated carbocycles. The fraction of sp³-hybridized carbons (Fsp3) is 0.0833. The van der Waals surface area contributed by atoms with Crippen molar-refractivity contribution in [2.24, 2.45) is 0 Å².